The number of carbonyl (C=O) groups excluding carboxylic acids is 5. The summed E-state index contributed by atoms with van der Waals surface area (Å²) in [4.78, 5) is 57.5. The Kier molecular flexibility index (Phi) is 10.6. The Hall–Kier alpha value is -2.99. The van der Waals surface area contributed by atoms with Gasteiger partial charge in [0.05, 0.1) is 6.61 Å². The molecule has 5 atom stereocenters. The summed E-state index contributed by atoms with van der Waals surface area (Å²) >= 11 is 0. The van der Waals surface area contributed by atoms with Crippen molar-refractivity contribution in [1.29, 1.82) is 0 Å². The van der Waals surface area contributed by atoms with Crippen LogP contribution < -0.4 is 5.32 Å². The number of amides is 1. The molecule has 0 radical (unpaired) electrons. The zero-order chi connectivity index (χ0) is 23.6. The summed E-state index contributed by atoms with van der Waals surface area (Å²) in [6.07, 6.45) is -5.20. The van der Waals surface area contributed by atoms with Crippen molar-refractivity contribution in [1.82, 2.24) is 5.32 Å². The number of nitrogens with one attached hydrogen (secondary N) is 1. The fraction of sp³-hybridized carbons (Fsp3) is 0.632. The third-order valence-electron chi connectivity index (χ3n) is 3.82. The number of hydrogen-bond donors (Lipinski definition) is 1. The van der Waals surface area contributed by atoms with Crippen molar-refractivity contribution in [3.63, 3.8) is 0 Å². The van der Waals surface area contributed by atoms with Crippen LogP contribution in [0.3, 0.4) is 0 Å². The lowest BCUT2D eigenvalue weighted by Gasteiger charge is -2.44. The fourth-order valence-corrected chi connectivity index (χ4v) is 2.74. The molecule has 12 heteroatoms. The molecule has 1 rings (SSSR count). The fourth-order valence-electron chi connectivity index (χ4n) is 2.74. The number of hydrogen-bond acceptors (Lipinski definition) is 11. The normalized spacial score (nSPS) is 25.0. The van der Waals surface area contributed by atoms with E-state index >= 15 is 0 Å². The molecule has 0 unspecified atom stereocenters. The van der Waals surface area contributed by atoms with E-state index in [1.807, 2.05) is 0 Å². The maximum Gasteiger partial charge on any atom is 0.303 e. The highest BCUT2D eigenvalue weighted by molar-refractivity contribution is 5.86. The van der Waals surface area contributed by atoms with E-state index in [9.17, 15) is 24.0 Å². The monoisotopic (exact) mass is 445 g/mol. The van der Waals surface area contributed by atoms with Crippen molar-refractivity contribution in [2.24, 2.45) is 0 Å². The molecule has 1 fully saturated rings. The summed E-state index contributed by atoms with van der Waals surface area (Å²) in [5.41, 5.74) is 0. The van der Waals surface area contributed by atoms with Crippen LogP contribution in [0.4, 0.5) is 0 Å². The first-order valence-electron chi connectivity index (χ1n) is 9.37. The number of esters is 4. The van der Waals surface area contributed by atoms with Gasteiger partial charge in [-0.25, -0.2) is 0 Å². The van der Waals surface area contributed by atoms with E-state index < -0.39 is 60.5 Å². The van der Waals surface area contributed by atoms with E-state index in [1.54, 1.807) is 0 Å². The van der Waals surface area contributed by atoms with Gasteiger partial charge >= 0.3 is 23.9 Å². The lowest BCUT2D eigenvalue weighted by molar-refractivity contribution is -0.307. The van der Waals surface area contributed by atoms with Crippen LogP contribution in [0.15, 0.2) is 12.7 Å². The van der Waals surface area contributed by atoms with Gasteiger partial charge in [-0.2, -0.15) is 0 Å². The molecule has 1 aliphatic heterocycles. The quantitative estimate of drug-likeness (QED) is 0.198. The van der Waals surface area contributed by atoms with E-state index in [0.29, 0.717) is 0 Å². The van der Waals surface area contributed by atoms with Crippen molar-refractivity contribution < 1.29 is 52.4 Å². The van der Waals surface area contributed by atoms with Gasteiger partial charge in [0.1, 0.15) is 12.7 Å². The second-order valence-corrected chi connectivity index (χ2v) is 6.43. The molecule has 0 aliphatic carbocycles. The Bertz CT molecular complexity index is 692. The molecule has 1 heterocycles. The van der Waals surface area contributed by atoms with Crippen LogP contribution in [-0.4, -0.2) is 80.2 Å². The first-order chi connectivity index (χ1) is 14.5. The van der Waals surface area contributed by atoms with Gasteiger partial charge in [-0.15, -0.1) is 0 Å². The standard InChI is InChI=1S/C19H27NO11/c1-6-15(25)20-7-8-26-19-18(30-13(5)24)17(29-12(4)23)16(28-11(3)22)14(31-19)9-27-10(2)21/h6,14,16-19H,1,7-9H2,2-5H3,(H,20,25)/t14-,16+,17+,18-,19-/m1/s1. The second-order valence-electron chi connectivity index (χ2n) is 6.43. The highest BCUT2D eigenvalue weighted by Gasteiger charge is 2.52. The number of carbonyl (C=O) groups is 5. The number of ether oxygens (including phenoxy) is 6. The van der Waals surface area contributed by atoms with Gasteiger partial charge in [-0.3, -0.25) is 24.0 Å². The van der Waals surface area contributed by atoms with Crippen LogP contribution in [-0.2, 0) is 52.4 Å². The molecule has 12 nitrogen and oxygen atoms in total. The summed E-state index contributed by atoms with van der Waals surface area (Å²) in [5, 5.41) is 2.49. The largest absolute Gasteiger partial charge is 0.463 e. The topological polar surface area (TPSA) is 153 Å². The van der Waals surface area contributed by atoms with E-state index in [4.69, 9.17) is 28.4 Å². The van der Waals surface area contributed by atoms with Crippen LogP contribution in [0.5, 0.6) is 0 Å². The smallest absolute Gasteiger partial charge is 0.303 e. The molecule has 0 aromatic rings. The zero-order valence-electron chi connectivity index (χ0n) is 17.8. The minimum absolute atomic E-state index is 0.0672. The van der Waals surface area contributed by atoms with Crippen LogP contribution in [0.1, 0.15) is 27.7 Å². The van der Waals surface area contributed by atoms with E-state index in [2.05, 4.69) is 11.9 Å². The molecule has 1 aliphatic rings. The SMILES string of the molecule is C=CC(=O)NCCO[C@@H]1O[C@H](COC(C)=O)[C@H](OC(C)=O)[C@H](OC(C)=O)[C@H]1OC(C)=O. The molecular weight excluding hydrogens is 418 g/mol. The minimum Gasteiger partial charge on any atom is -0.463 e. The zero-order valence-corrected chi connectivity index (χ0v) is 17.8. The second kappa shape index (κ2) is 12.6. The highest BCUT2D eigenvalue weighted by atomic mass is 16.7. The van der Waals surface area contributed by atoms with Gasteiger partial charge in [-0.1, -0.05) is 6.58 Å². The lowest BCUT2D eigenvalue weighted by Crippen LogP contribution is -2.63. The Labute approximate surface area is 179 Å². The van der Waals surface area contributed by atoms with Crippen LogP contribution in [0, 0.1) is 0 Å². The summed E-state index contributed by atoms with van der Waals surface area (Å²) in [5.74, 6) is -3.26. The maximum absolute atomic E-state index is 11.7. The summed E-state index contributed by atoms with van der Waals surface area (Å²) in [6, 6.07) is 0. The summed E-state index contributed by atoms with van der Waals surface area (Å²) in [7, 11) is 0. The highest BCUT2D eigenvalue weighted by Crippen LogP contribution is 2.29. The van der Waals surface area contributed by atoms with Crippen LogP contribution in [0.2, 0.25) is 0 Å². The van der Waals surface area contributed by atoms with Gasteiger partial charge in [0.25, 0.3) is 0 Å². The first-order valence-corrected chi connectivity index (χ1v) is 9.37. The van der Waals surface area contributed by atoms with Gasteiger partial charge in [0, 0.05) is 34.2 Å². The molecule has 1 amide bonds. The Morgan fingerprint density at radius 1 is 0.871 bits per heavy atom. The Morgan fingerprint density at radius 3 is 1.94 bits per heavy atom. The van der Waals surface area contributed by atoms with Gasteiger partial charge in [0.2, 0.25) is 5.91 Å². The molecule has 1 N–H and O–H groups in total. The molecule has 174 valence electrons. The van der Waals surface area contributed by atoms with E-state index in [1.165, 1.54) is 6.92 Å². The molecule has 31 heavy (non-hydrogen) atoms. The van der Waals surface area contributed by atoms with Crippen molar-refractivity contribution in [2.75, 3.05) is 19.8 Å². The molecule has 0 saturated carbocycles. The van der Waals surface area contributed by atoms with E-state index in [-0.39, 0.29) is 19.8 Å². The van der Waals surface area contributed by atoms with Crippen molar-refractivity contribution in [3.8, 4) is 0 Å². The van der Waals surface area contributed by atoms with Crippen molar-refractivity contribution >= 4 is 29.8 Å². The van der Waals surface area contributed by atoms with Crippen molar-refractivity contribution in [2.45, 2.75) is 58.4 Å². The lowest BCUT2D eigenvalue weighted by atomic mass is 9.98. The van der Waals surface area contributed by atoms with Crippen molar-refractivity contribution in [3.05, 3.63) is 12.7 Å². The Morgan fingerprint density at radius 2 is 1.42 bits per heavy atom. The molecular formula is C19H27NO11. The van der Waals surface area contributed by atoms with E-state index in [0.717, 1.165) is 26.8 Å². The molecule has 0 aromatic carbocycles. The summed E-state index contributed by atoms with van der Waals surface area (Å²) in [6.45, 7) is 7.49. The first kappa shape index (κ1) is 26.0. The third kappa shape index (κ3) is 9.13. The third-order valence-corrected chi connectivity index (χ3v) is 3.82. The molecule has 0 spiro atoms. The maximum atomic E-state index is 11.7. The van der Waals surface area contributed by atoms with Gasteiger partial charge < -0.3 is 33.7 Å². The molecule has 0 aromatic heterocycles. The predicted molar refractivity (Wildman–Crippen MR) is 101 cm³/mol. The van der Waals surface area contributed by atoms with Gasteiger partial charge in [0.15, 0.2) is 24.6 Å². The van der Waals surface area contributed by atoms with Crippen LogP contribution in [0.25, 0.3) is 0 Å². The average Bonchev–Trinajstić information content (AvgIpc) is 2.66. The van der Waals surface area contributed by atoms with Gasteiger partial charge in [-0.05, 0) is 6.08 Å². The average molecular weight is 445 g/mol. The van der Waals surface area contributed by atoms with Crippen LogP contribution >= 0.6 is 0 Å². The minimum atomic E-state index is -1.31. The summed E-state index contributed by atoms with van der Waals surface area (Å²) < 4.78 is 32.0. The molecule has 0 bridgehead atoms. The molecule has 1 saturated heterocycles. The number of rotatable bonds is 10. The Balaban J connectivity index is 3.15. The predicted octanol–water partition coefficient (Wildman–Crippen LogP) is -0.612.